The van der Waals surface area contributed by atoms with Crippen LogP contribution in [0.25, 0.3) is 0 Å². The van der Waals surface area contributed by atoms with Gasteiger partial charge in [-0.3, -0.25) is 33.9 Å². The molecule has 1 aliphatic carbocycles. The molecule has 4 unspecified atom stereocenters. The van der Waals surface area contributed by atoms with E-state index in [1.165, 1.54) is 19.1 Å². The van der Waals surface area contributed by atoms with Gasteiger partial charge in [0.15, 0.2) is 0 Å². The number of nitrogens with zero attached hydrogens (tertiary/aromatic N) is 2. The molecule has 3 aliphatic rings. The Morgan fingerprint density at radius 2 is 1.67 bits per heavy atom. The predicted molar refractivity (Wildman–Crippen MR) is 127 cm³/mol. The lowest BCUT2D eigenvalue weighted by atomic mass is 9.75. The molecule has 10 nitrogen and oxygen atoms in total. The van der Waals surface area contributed by atoms with E-state index >= 15 is 0 Å². The number of hydrogen-bond acceptors (Lipinski definition) is 8. The van der Waals surface area contributed by atoms with Crippen LogP contribution in [0, 0.1) is 17.8 Å². The molecule has 0 aromatic carbocycles. The fourth-order valence-electron chi connectivity index (χ4n) is 5.10. The van der Waals surface area contributed by atoms with Gasteiger partial charge in [0.25, 0.3) is 23.6 Å². The van der Waals surface area contributed by atoms with Crippen molar-refractivity contribution in [3.8, 4) is 0 Å². The third kappa shape index (κ3) is 6.28. The Labute approximate surface area is 211 Å². The zero-order valence-corrected chi connectivity index (χ0v) is 21.7. The largest absolute Gasteiger partial charge is 0.368 e. The summed E-state index contributed by atoms with van der Waals surface area (Å²) >= 11 is 0. The summed E-state index contributed by atoms with van der Waals surface area (Å²) in [6.45, 7) is 9.60. The molecule has 0 radical (unpaired) electrons. The molecule has 0 aromatic heterocycles. The molecule has 0 bridgehead atoms. The summed E-state index contributed by atoms with van der Waals surface area (Å²) in [5, 5.41) is 4.91. The number of rotatable bonds is 11. The van der Waals surface area contributed by atoms with Gasteiger partial charge in [0.1, 0.15) is 12.1 Å². The van der Waals surface area contributed by atoms with Gasteiger partial charge >= 0.3 is 5.97 Å². The Morgan fingerprint density at radius 1 is 1.00 bits per heavy atom. The number of imide groups is 2. The predicted octanol–water partition coefficient (Wildman–Crippen LogP) is 3.02. The van der Waals surface area contributed by atoms with Crippen LogP contribution in [0.2, 0.25) is 0 Å². The van der Waals surface area contributed by atoms with Gasteiger partial charge in [0.2, 0.25) is 0 Å². The van der Waals surface area contributed by atoms with E-state index in [0.29, 0.717) is 30.3 Å². The fourth-order valence-corrected chi connectivity index (χ4v) is 5.10. The van der Waals surface area contributed by atoms with Crippen LogP contribution in [-0.4, -0.2) is 58.1 Å². The first-order valence-corrected chi connectivity index (χ1v) is 12.6. The molecule has 0 saturated heterocycles. The van der Waals surface area contributed by atoms with Gasteiger partial charge in [-0.05, 0) is 68.7 Å². The summed E-state index contributed by atoms with van der Waals surface area (Å²) in [6, 6.07) is -1.22. The lowest BCUT2D eigenvalue weighted by Crippen LogP contribution is -2.46. The topological polar surface area (TPSA) is 120 Å². The second kappa shape index (κ2) is 11.9. The van der Waals surface area contributed by atoms with Crippen LogP contribution >= 0.6 is 0 Å². The van der Waals surface area contributed by atoms with Crippen molar-refractivity contribution in [2.45, 2.75) is 85.3 Å². The van der Waals surface area contributed by atoms with Crippen LogP contribution in [0.5, 0.6) is 0 Å². The normalized spacial score (nSPS) is 25.6. The quantitative estimate of drug-likeness (QED) is 0.182. The maximum atomic E-state index is 12.9. The first kappa shape index (κ1) is 27.7. The van der Waals surface area contributed by atoms with Crippen molar-refractivity contribution in [2.75, 3.05) is 6.54 Å². The van der Waals surface area contributed by atoms with E-state index in [0.717, 1.165) is 29.1 Å². The molecule has 2 aliphatic heterocycles. The van der Waals surface area contributed by atoms with Gasteiger partial charge in [0, 0.05) is 29.8 Å². The lowest BCUT2D eigenvalue weighted by Gasteiger charge is -2.35. The third-order valence-corrected chi connectivity index (χ3v) is 7.26. The molecule has 1 fully saturated rings. The Kier molecular flexibility index (Phi) is 9.19. The lowest BCUT2D eigenvalue weighted by molar-refractivity contribution is -0.509. The van der Waals surface area contributed by atoms with Crippen molar-refractivity contribution in [2.24, 2.45) is 17.8 Å². The van der Waals surface area contributed by atoms with E-state index in [2.05, 4.69) is 20.8 Å². The van der Waals surface area contributed by atoms with Crippen LogP contribution in [0.1, 0.15) is 73.1 Å². The third-order valence-electron chi connectivity index (χ3n) is 7.26. The number of unbranched alkanes of at least 4 members (excludes halogenated alkanes) is 1. The molecule has 4 amide bonds. The standard InChI is InChI=1S/C26H36N2O8/c1-15(2)19-10-9-16(3)12-21(19)34-36-35-26(33)20(28-23(30)14-18(5)25(28)32)8-6-7-11-27-22(29)13-17(4)24(27)31/h13-16,19-21H,6-12H2,1-5H3. The van der Waals surface area contributed by atoms with Crippen LogP contribution < -0.4 is 0 Å². The molecule has 2 heterocycles. The zero-order chi connectivity index (χ0) is 26.6. The van der Waals surface area contributed by atoms with Gasteiger partial charge in [-0.15, -0.1) is 0 Å². The maximum Gasteiger partial charge on any atom is 0.368 e. The summed E-state index contributed by atoms with van der Waals surface area (Å²) in [6.07, 6.45) is 5.91. The van der Waals surface area contributed by atoms with Crippen molar-refractivity contribution < 1.29 is 38.8 Å². The summed E-state index contributed by atoms with van der Waals surface area (Å²) in [5.74, 6) is -1.73. The minimum Gasteiger partial charge on any atom is -0.275 e. The van der Waals surface area contributed by atoms with E-state index in [-0.39, 0.29) is 42.4 Å². The van der Waals surface area contributed by atoms with Crippen molar-refractivity contribution in [1.82, 2.24) is 9.80 Å². The summed E-state index contributed by atoms with van der Waals surface area (Å²) in [4.78, 5) is 74.3. The van der Waals surface area contributed by atoms with Gasteiger partial charge < -0.3 is 0 Å². The minimum absolute atomic E-state index is 0.0819. The van der Waals surface area contributed by atoms with Gasteiger partial charge in [-0.1, -0.05) is 27.2 Å². The van der Waals surface area contributed by atoms with Crippen LogP contribution in [0.4, 0.5) is 0 Å². The maximum absolute atomic E-state index is 12.9. The molecule has 0 spiro atoms. The fraction of sp³-hybridized carbons (Fsp3) is 0.654. The Morgan fingerprint density at radius 3 is 2.25 bits per heavy atom. The minimum atomic E-state index is -1.22. The number of amides is 4. The van der Waals surface area contributed by atoms with Crippen molar-refractivity contribution in [1.29, 1.82) is 0 Å². The highest BCUT2D eigenvalue weighted by Crippen LogP contribution is 2.35. The van der Waals surface area contributed by atoms with Gasteiger partial charge in [-0.2, -0.15) is 4.89 Å². The van der Waals surface area contributed by atoms with Gasteiger partial charge in [-0.25, -0.2) is 4.79 Å². The molecule has 0 N–H and O–H groups in total. The first-order chi connectivity index (χ1) is 17.0. The van der Waals surface area contributed by atoms with Crippen LogP contribution in [-0.2, 0) is 38.8 Å². The number of carbonyl (C=O) groups excluding carboxylic acids is 5. The first-order valence-electron chi connectivity index (χ1n) is 12.6. The van der Waals surface area contributed by atoms with E-state index < -0.39 is 23.8 Å². The highest BCUT2D eigenvalue weighted by Gasteiger charge is 2.40. The molecule has 1 saturated carbocycles. The molecule has 0 aromatic rings. The van der Waals surface area contributed by atoms with Crippen molar-refractivity contribution in [3.05, 3.63) is 23.3 Å². The summed E-state index contributed by atoms with van der Waals surface area (Å²) in [5.41, 5.74) is 0.598. The highest BCUT2D eigenvalue weighted by molar-refractivity contribution is 6.17. The van der Waals surface area contributed by atoms with E-state index in [9.17, 15) is 24.0 Å². The summed E-state index contributed by atoms with van der Waals surface area (Å²) in [7, 11) is 0. The second-order valence-electron chi connectivity index (χ2n) is 10.4. The van der Waals surface area contributed by atoms with E-state index in [1.54, 1.807) is 6.92 Å². The zero-order valence-electron chi connectivity index (χ0n) is 21.7. The van der Waals surface area contributed by atoms with E-state index in [1.807, 2.05) is 0 Å². The Bertz CT molecular complexity index is 969. The molecule has 4 atom stereocenters. The molecule has 36 heavy (non-hydrogen) atoms. The average molecular weight is 505 g/mol. The number of carbonyl (C=O) groups is 5. The highest BCUT2D eigenvalue weighted by atomic mass is 17.5. The molecule has 198 valence electrons. The van der Waals surface area contributed by atoms with Crippen molar-refractivity contribution >= 4 is 29.6 Å². The van der Waals surface area contributed by atoms with Crippen molar-refractivity contribution in [3.63, 3.8) is 0 Å². The van der Waals surface area contributed by atoms with Crippen LogP contribution in [0.15, 0.2) is 23.3 Å². The molecule has 3 rings (SSSR count). The monoisotopic (exact) mass is 504 g/mol. The summed E-state index contributed by atoms with van der Waals surface area (Å²) < 4.78 is 0. The van der Waals surface area contributed by atoms with E-state index in [4.69, 9.17) is 14.8 Å². The average Bonchev–Trinajstić information content (AvgIpc) is 3.20. The molecule has 10 heteroatoms. The van der Waals surface area contributed by atoms with Crippen LogP contribution in [0.3, 0.4) is 0 Å². The second-order valence-corrected chi connectivity index (χ2v) is 10.4. The number of hydrogen-bond donors (Lipinski definition) is 0. The SMILES string of the molecule is CC1=CC(=O)N(CCCCC(C(=O)OOOC2CC(C)CCC2C(C)C)N2C(=O)C=C(C)C2=O)C1=O. The Balaban J connectivity index is 1.58. The van der Waals surface area contributed by atoms with Gasteiger partial charge in [0.05, 0.1) is 0 Å². The molecular weight excluding hydrogens is 468 g/mol. The smallest absolute Gasteiger partial charge is 0.275 e. The molecular formula is C26H36N2O8. The Hall–Kier alpha value is -2.85.